The minimum Gasteiger partial charge on any atom is -0.492 e. The molecule has 0 atom stereocenters. The van der Waals surface area contributed by atoms with Crippen molar-refractivity contribution in [3.63, 3.8) is 0 Å². The molecule has 316 valence electrons. The van der Waals surface area contributed by atoms with Crippen molar-refractivity contribution in [3.8, 4) is 56.0 Å². The maximum absolute atomic E-state index is 6.69. The van der Waals surface area contributed by atoms with Crippen LogP contribution in [0.4, 0.5) is 0 Å². The number of hydrogen-bond acceptors (Lipinski definition) is 2. The summed E-state index contributed by atoms with van der Waals surface area (Å²) in [4.78, 5) is 0. The number of benzene rings is 8. The zero-order valence-corrected chi connectivity index (χ0v) is 39.5. The second-order valence-corrected chi connectivity index (χ2v) is 21.5. The topological polar surface area (TPSA) is 18.5 Å². The predicted octanol–water partition coefficient (Wildman–Crippen LogP) is 17.0. The van der Waals surface area contributed by atoms with E-state index in [0.29, 0.717) is 0 Å². The lowest BCUT2D eigenvalue weighted by Crippen LogP contribution is -2.16. The van der Waals surface area contributed by atoms with Gasteiger partial charge in [-0.25, -0.2) is 0 Å². The smallest absolute Gasteiger partial charge is 0.169 e. The van der Waals surface area contributed by atoms with Crippen molar-refractivity contribution in [2.75, 3.05) is 14.2 Å². The summed E-state index contributed by atoms with van der Waals surface area (Å²) in [7, 11) is 3.59. The van der Waals surface area contributed by atoms with E-state index in [4.69, 9.17) is 9.47 Å². The third-order valence-electron chi connectivity index (χ3n) is 12.8. The lowest BCUT2D eigenvalue weighted by molar-refractivity contribution is 0.358. The lowest BCUT2D eigenvalue weighted by Gasteiger charge is -2.28. The Morgan fingerprint density at radius 3 is 0.823 bits per heavy atom. The molecule has 0 saturated carbocycles. The first-order chi connectivity index (χ1) is 29.2. The SMILES string of the molecule is COc1c(OC)c(-c2cc3ccccc3cc2-c2cc(C(C)(C)C)cc(C(C)(C)C)c2)c2ccccc2c1-c1cc2ccccc2cc1-c1cc(C(C)(C)C)cc(C(C)(C)C)c1. The molecule has 0 unspecified atom stereocenters. The number of hydrogen-bond donors (Lipinski definition) is 0. The van der Waals surface area contributed by atoms with Gasteiger partial charge in [0, 0.05) is 11.1 Å². The van der Waals surface area contributed by atoms with E-state index in [1.54, 1.807) is 14.2 Å². The number of ether oxygens (including phenoxy) is 2. The van der Waals surface area contributed by atoms with Crippen LogP contribution in [0, 0.1) is 0 Å². The molecule has 2 heteroatoms. The van der Waals surface area contributed by atoms with Crippen molar-refractivity contribution in [3.05, 3.63) is 156 Å². The summed E-state index contributed by atoms with van der Waals surface area (Å²) in [5.74, 6) is 1.44. The van der Waals surface area contributed by atoms with E-state index >= 15 is 0 Å². The Morgan fingerprint density at radius 1 is 0.306 bits per heavy atom. The van der Waals surface area contributed by atoms with Gasteiger partial charge in [0.15, 0.2) is 11.5 Å². The fourth-order valence-electron chi connectivity index (χ4n) is 8.99. The molecule has 0 aliphatic heterocycles. The maximum atomic E-state index is 6.69. The summed E-state index contributed by atoms with van der Waals surface area (Å²) in [6.45, 7) is 27.7. The molecule has 0 aliphatic rings. The normalized spacial score (nSPS) is 12.7. The molecule has 0 spiro atoms. The van der Waals surface area contributed by atoms with Crippen molar-refractivity contribution in [2.24, 2.45) is 0 Å². The minimum absolute atomic E-state index is 0.0418. The van der Waals surface area contributed by atoms with Gasteiger partial charge in [0.1, 0.15) is 0 Å². The van der Waals surface area contributed by atoms with E-state index in [2.05, 4.69) is 217 Å². The van der Waals surface area contributed by atoms with Crippen molar-refractivity contribution in [1.82, 2.24) is 0 Å². The first-order valence-corrected chi connectivity index (χ1v) is 22.2. The van der Waals surface area contributed by atoms with Crippen LogP contribution >= 0.6 is 0 Å². The monoisotopic (exact) mass is 816 g/mol. The summed E-state index contributed by atoms with van der Waals surface area (Å²) in [5, 5.41) is 6.96. The first kappa shape index (κ1) is 42.8. The van der Waals surface area contributed by atoms with Gasteiger partial charge in [-0.3, -0.25) is 0 Å². The molecule has 0 N–H and O–H groups in total. The van der Waals surface area contributed by atoms with Gasteiger partial charge in [-0.15, -0.1) is 0 Å². The Hall–Kier alpha value is -5.86. The fourth-order valence-corrected chi connectivity index (χ4v) is 8.99. The molecule has 62 heavy (non-hydrogen) atoms. The van der Waals surface area contributed by atoms with Crippen molar-refractivity contribution in [2.45, 2.75) is 105 Å². The molecule has 0 radical (unpaired) electrons. The lowest BCUT2D eigenvalue weighted by atomic mass is 9.77. The van der Waals surface area contributed by atoms with Gasteiger partial charge in [0.05, 0.1) is 14.2 Å². The van der Waals surface area contributed by atoms with E-state index in [1.165, 1.54) is 66.1 Å². The number of methoxy groups -OCH3 is 2. The summed E-state index contributed by atoms with van der Waals surface area (Å²) < 4.78 is 13.4. The summed E-state index contributed by atoms with van der Waals surface area (Å²) in [6.07, 6.45) is 0. The van der Waals surface area contributed by atoms with Gasteiger partial charge in [-0.1, -0.05) is 192 Å². The van der Waals surface area contributed by atoms with Crippen LogP contribution in [-0.2, 0) is 21.7 Å². The molecule has 2 nitrogen and oxygen atoms in total. The molecular weight excluding hydrogens is 753 g/mol. The second-order valence-electron chi connectivity index (χ2n) is 21.5. The predicted molar refractivity (Wildman–Crippen MR) is 269 cm³/mol. The van der Waals surface area contributed by atoms with Gasteiger partial charge in [0.2, 0.25) is 0 Å². The average Bonchev–Trinajstić information content (AvgIpc) is 3.23. The molecule has 0 fully saturated rings. The van der Waals surface area contributed by atoms with Gasteiger partial charge >= 0.3 is 0 Å². The molecular formula is C60H64O2. The molecule has 0 amide bonds. The highest BCUT2D eigenvalue weighted by molar-refractivity contribution is 6.15. The Kier molecular flexibility index (Phi) is 10.7. The largest absolute Gasteiger partial charge is 0.492 e. The third kappa shape index (κ3) is 7.90. The van der Waals surface area contributed by atoms with Crippen LogP contribution in [-0.4, -0.2) is 14.2 Å². The van der Waals surface area contributed by atoms with Crippen LogP contribution in [0.15, 0.2) is 133 Å². The number of rotatable bonds is 6. The Balaban J connectivity index is 1.52. The highest BCUT2D eigenvalue weighted by atomic mass is 16.5. The third-order valence-corrected chi connectivity index (χ3v) is 12.8. The van der Waals surface area contributed by atoms with Crippen LogP contribution in [0.2, 0.25) is 0 Å². The summed E-state index contributed by atoms with van der Waals surface area (Å²) in [5.41, 5.74) is 14.1. The first-order valence-electron chi connectivity index (χ1n) is 22.2. The van der Waals surface area contributed by atoms with Crippen molar-refractivity contribution in [1.29, 1.82) is 0 Å². The highest BCUT2D eigenvalue weighted by Crippen LogP contribution is 2.55. The molecule has 8 rings (SSSR count). The zero-order valence-electron chi connectivity index (χ0n) is 39.5. The zero-order chi connectivity index (χ0) is 44.5. The van der Waals surface area contributed by atoms with Gasteiger partial charge in [0.25, 0.3) is 0 Å². The van der Waals surface area contributed by atoms with Crippen LogP contribution in [0.25, 0.3) is 76.8 Å². The second kappa shape index (κ2) is 15.5. The molecule has 0 aromatic heterocycles. The Bertz CT molecular complexity index is 2740. The minimum atomic E-state index is -0.0418. The highest BCUT2D eigenvalue weighted by Gasteiger charge is 2.29. The van der Waals surface area contributed by atoms with Crippen LogP contribution in [0.3, 0.4) is 0 Å². The van der Waals surface area contributed by atoms with Crippen LogP contribution < -0.4 is 9.47 Å². The van der Waals surface area contributed by atoms with E-state index in [1.807, 2.05) is 0 Å². The van der Waals surface area contributed by atoms with Crippen LogP contribution in [0.1, 0.15) is 105 Å². The van der Waals surface area contributed by atoms with Gasteiger partial charge in [-0.2, -0.15) is 0 Å². The molecule has 0 bridgehead atoms. The van der Waals surface area contributed by atoms with E-state index in [9.17, 15) is 0 Å². The quantitative estimate of drug-likeness (QED) is 0.166. The van der Waals surface area contributed by atoms with Crippen molar-refractivity contribution >= 4 is 32.3 Å². The molecule has 0 saturated heterocycles. The van der Waals surface area contributed by atoms with Gasteiger partial charge < -0.3 is 9.47 Å². The summed E-state index contributed by atoms with van der Waals surface area (Å²) in [6, 6.07) is 50.2. The van der Waals surface area contributed by atoms with E-state index in [-0.39, 0.29) is 21.7 Å². The fraction of sp³-hybridized carbons (Fsp3) is 0.300. The van der Waals surface area contributed by atoms with Gasteiger partial charge in [-0.05, 0) is 134 Å². The molecule has 8 aromatic carbocycles. The van der Waals surface area contributed by atoms with E-state index in [0.717, 1.165) is 44.5 Å². The van der Waals surface area contributed by atoms with Crippen molar-refractivity contribution < 1.29 is 9.47 Å². The van der Waals surface area contributed by atoms with E-state index < -0.39 is 0 Å². The molecule has 8 aromatic rings. The molecule has 0 heterocycles. The standard InChI is InChI=1S/C60H64O2/c1-57(2,3)43-27-41(28-44(35-43)58(4,5)6)49-31-37-21-15-17-23-39(37)33-51(49)53-47-25-19-20-26-48(47)54(56(62-14)55(53)61-13)52-34-40-24-18-16-22-38(40)32-50(52)42-29-45(59(7,8)9)36-46(30-42)60(10,11)12/h15-36H,1-14H3. The molecule has 0 aliphatic carbocycles. The number of fused-ring (bicyclic) bond motifs is 3. The maximum Gasteiger partial charge on any atom is 0.169 e. The average molecular weight is 817 g/mol. The van der Waals surface area contributed by atoms with Crippen LogP contribution in [0.5, 0.6) is 11.5 Å². The Morgan fingerprint density at radius 2 is 0.565 bits per heavy atom. The Labute approximate surface area is 371 Å². The summed E-state index contributed by atoms with van der Waals surface area (Å²) >= 11 is 0.